The number of nitrogens with zero attached hydrogens (tertiary/aromatic N) is 2. The second kappa shape index (κ2) is 4.44. The molecule has 1 amide bonds. The zero-order valence-electron chi connectivity index (χ0n) is 8.86. The molecule has 5 heteroatoms. The van der Waals surface area contributed by atoms with Crippen LogP contribution in [0.3, 0.4) is 0 Å². The highest BCUT2D eigenvalue weighted by Gasteiger charge is 2.22. The van der Waals surface area contributed by atoms with Gasteiger partial charge in [-0.1, -0.05) is 0 Å². The quantitative estimate of drug-likeness (QED) is 0.758. The lowest BCUT2D eigenvalue weighted by atomic mass is 10.1. The molecule has 1 aromatic heterocycles. The molecule has 0 radical (unpaired) electrons. The molecule has 1 fully saturated rings. The second-order valence-corrected chi connectivity index (χ2v) is 3.76. The molecule has 1 aliphatic heterocycles. The SMILES string of the molecule is CCn1cc(NC(=O)[C@@H]2CCNC2)cn1. The fraction of sp³-hybridized carbons (Fsp3) is 0.600. The number of carbonyl (C=O) groups is 1. The molecule has 0 aromatic carbocycles. The Morgan fingerprint density at radius 1 is 1.80 bits per heavy atom. The molecule has 2 rings (SSSR count). The average Bonchev–Trinajstić information content (AvgIpc) is 2.87. The fourth-order valence-electron chi connectivity index (χ4n) is 1.72. The van der Waals surface area contributed by atoms with E-state index in [0.29, 0.717) is 0 Å². The van der Waals surface area contributed by atoms with Crippen LogP contribution in [-0.2, 0) is 11.3 Å². The molecular formula is C10H16N4O. The second-order valence-electron chi connectivity index (χ2n) is 3.76. The first-order valence-electron chi connectivity index (χ1n) is 5.33. The molecule has 1 atom stereocenters. The summed E-state index contributed by atoms with van der Waals surface area (Å²) in [5.74, 6) is 0.200. The third-order valence-electron chi connectivity index (χ3n) is 2.66. The number of nitrogens with one attached hydrogen (secondary N) is 2. The van der Waals surface area contributed by atoms with Crippen molar-refractivity contribution in [2.75, 3.05) is 18.4 Å². The lowest BCUT2D eigenvalue weighted by molar-refractivity contribution is -0.119. The summed E-state index contributed by atoms with van der Waals surface area (Å²) in [5, 5.41) is 10.2. The largest absolute Gasteiger partial charge is 0.323 e. The summed E-state index contributed by atoms with van der Waals surface area (Å²) < 4.78 is 1.79. The van der Waals surface area contributed by atoms with Gasteiger partial charge in [-0.25, -0.2) is 0 Å². The standard InChI is InChI=1S/C10H16N4O/c1-2-14-7-9(6-12-14)13-10(15)8-3-4-11-5-8/h6-8,11H,2-5H2,1H3,(H,13,15)/t8-/m1/s1. The molecule has 5 nitrogen and oxygen atoms in total. The molecule has 82 valence electrons. The van der Waals surface area contributed by atoms with Crippen LogP contribution < -0.4 is 10.6 Å². The van der Waals surface area contributed by atoms with Crippen molar-refractivity contribution in [3.05, 3.63) is 12.4 Å². The first kappa shape index (κ1) is 10.2. The van der Waals surface area contributed by atoms with Gasteiger partial charge >= 0.3 is 0 Å². The summed E-state index contributed by atoms with van der Waals surface area (Å²) >= 11 is 0. The van der Waals surface area contributed by atoms with Crippen LogP contribution in [0.1, 0.15) is 13.3 Å². The van der Waals surface area contributed by atoms with Crippen molar-refractivity contribution in [1.29, 1.82) is 0 Å². The third-order valence-corrected chi connectivity index (χ3v) is 2.66. The first-order valence-corrected chi connectivity index (χ1v) is 5.33. The van der Waals surface area contributed by atoms with Crippen molar-refractivity contribution in [3.63, 3.8) is 0 Å². The van der Waals surface area contributed by atoms with Crippen LogP contribution >= 0.6 is 0 Å². The number of amides is 1. The van der Waals surface area contributed by atoms with E-state index in [1.807, 2.05) is 13.1 Å². The molecule has 1 saturated heterocycles. The van der Waals surface area contributed by atoms with Gasteiger partial charge in [0.25, 0.3) is 0 Å². The molecule has 0 aliphatic carbocycles. The van der Waals surface area contributed by atoms with E-state index in [-0.39, 0.29) is 11.8 Å². The minimum atomic E-state index is 0.0932. The van der Waals surface area contributed by atoms with Crippen molar-refractivity contribution >= 4 is 11.6 Å². The zero-order chi connectivity index (χ0) is 10.7. The zero-order valence-corrected chi connectivity index (χ0v) is 8.86. The third kappa shape index (κ3) is 2.36. The van der Waals surface area contributed by atoms with Gasteiger partial charge in [0.1, 0.15) is 0 Å². The number of hydrogen-bond acceptors (Lipinski definition) is 3. The smallest absolute Gasteiger partial charge is 0.228 e. The summed E-state index contributed by atoms with van der Waals surface area (Å²) in [6.45, 7) is 4.56. The Kier molecular flexibility index (Phi) is 3.01. The maximum Gasteiger partial charge on any atom is 0.228 e. The van der Waals surface area contributed by atoms with Gasteiger partial charge in [-0.3, -0.25) is 9.48 Å². The summed E-state index contributed by atoms with van der Waals surface area (Å²) in [6, 6.07) is 0. The Balaban J connectivity index is 1.92. The van der Waals surface area contributed by atoms with Gasteiger partial charge in [-0.2, -0.15) is 5.10 Å². The van der Waals surface area contributed by atoms with E-state index in [4.69, 9.17) is 0 Å². The van der Waals surface area contributed by atoms with Crippen LogP contribution in [0.2, 0.25) is 0 Å². The molecule has 2 N–H and O–H groups in total. The fourth-order valence-corrected chi connectivity index (χ4v) is 1.72. The van der Waals surface area contributed by atoms with Gasteiger partial charge < -0.3 is 10.6 Å². The number of aromatic nitrogens is 2. The van der Waals surface area contributed by atoms with Crippen molar-refractivity contribution in [2.24, 2.45) is 5.92 Å². The Morgan fingerprint density at radius 2 is 2.67 bits per heavy atom. The highest BCUT2D eigenvalue weighted by Crippen LogP contribution is 2.12. The predicted molar refractivity (Wildman–Crippen MR) is 57.5 cm³/mol. The van der Waals surface area contributed by atoms with Crippen LogP contribution in [0.15, 0.2) is 12.4 Å². The van der Waals surface area contributed by atoms with Gasteiger partial charge in [0.2, 0.25) is 5.91 Å². The van der Waals surface area contributed by atoms with E-state index in [2.05, 4.69) is 15.7 Å². The van der Waals surface area contributed by atoms with E-state index in [9.17, 15) is 4.79 Å². The molecule has 15 heavy (non-hydrogen) atoms. The van der Waals surface area contributed by atoms with E-state index >= 15 is 0 Å². The Bertz CT molecular complexity index is 341. The van der Waals surface area contributed by atoms with Crippen molar-refractivity contribution in [1.82, 2.24) is 15.1 Å². The van der Waals surface area contributed by atoms with Crippen LogP contribution in [0, 0.1) is 5.92 Å². The molecular weight excluding hydrogens is 192 g/mol. The molecule has 1 aromatic rings. The molecule has 0 unspecified atom stereocenters. The van der Waals surface area contributed by atoms with Crippen LogP contribution in [-0.4, -0.2) is 28.8 Å². The maximum atomic E-state index is 11.7. The number of aryl methyl sites for hydroxylation is 1. The van der Waals surface area contributed by atoms with Gasteiger partial charge in [-0.15, -0.1) is 0 Å². The summed E-state index contributed by atoms with van der Waals surface area (Å²) in [7, 11) is 0. The number of anilines is 1. The highest BCUT2D eigenvalue weighted by atomic mass is 16.1. The van der Waals surface area contributed by atoms with E-state index in [0.717, 1.165) is 31.7 Å². The number of hydrogen-bond donors (Lipinski definition) is 2. The van der Waals surface area contributed by atoms with E-state index in [1.54, 1.807) is 10.9 Å². The summed E-state index contributed by atoms with van der Waals surface area (Å²) in [4.78, 5) is 11.7. The molecule has 0 saturated carbocycles. The number of rotatable bonds is 3. The van der Waals surface area contributed by atoms with Crippen LogP contribution in [0.5, 0.6) is 0 Å². The van der Waals surface area contributed by atoms with Gasteiger partial charge in [0, 0.05) is 19.3 Å². The van der Waals surface area contributed by atoms with Gasteiger partial charge in [0.15, 0.2) is 0 Å². The lowest BCUT2D eigenvalue weighted by Crippen LogP contribution is -2.24. The van der Waals surface area contributed by atoms with Gasteiger partial charge in [0.05, 0.1) is 17.8 Å². The maximum absolute atomic E-state index is 11.7. The molecule has 2 heterocycles. The summed E-state index contributed by atoms with van der Waals surface area (Å²) in [6.07, 6.45) is 4.46. The molecule has 1 aliphatic rings. The summed E-state index contributed by atoms with van der Waals surface area (Å²) in [5.41, 5.74) is 0.786. The average molecular weight is 208 g/mol. The van der Waals surface area contributed by atoms with Crippen molar-refractivity contribution in [2.45, 2.75) is 19.9 Å². The number of carbonyl (C=O) groups excluding carboxylic acids is 1. The van der Waals surface area contributed by atoms with E-state index in [1.165, 1.54) is 0 Å². The minimum absolute atomic E-state index is 0.0932. The predicted octanol–water partition coefficient (Wildman–Crippen LogP) is 0.451. The Morgan fingerprint density at radius 3 is 3.27 bits per heavy atom. The molecule has 0 bridgehead atoms. The topological polar surface area (TPSA) is 59.0 Å². The van der Waals surface area contributed by atoms with Crippen LogP contribution in [0.25, 0.3) is 0 Å². The monoisotopic (exact) mass is 208 g/mol. The van der Waals surface area contributed by atoms with Crippen LogP contribution in [0.4, 0.5) is 5.69 Å². The van der Waals surface area contributed by atoms with Crippen molar-refractivity contribution < 1.29 is 4.79 Å². The lowest BCUT2D eigenvalue weighted by Gasteiger charge is -2.07. The Hall–Kier alpha value is -1.36. The molecule has 0 spiro atoms. The Labute approximate surface area is 88.8 Å². The van der Waals surface area contributed by atoms with Gasteiger partial charge in [-0.05, 0) is 19.9 Å². The minimum Gasteiger partial charge on any atom is -0.323 e. The van der Waals surface area contributed by atoms with E-state index < -0.39 is 0 Å². The van der Waals surface area contributed by atoms with Crippen molar-refractivity contribution in [3.8, 4) is 0 Å². The normalized spacial score (nSPS) is 20.5. The first-order chi connectivity index (χ1) is 7.29. The highest BCUT2D eigenvalue weighted by molar-refractivity contribution is 5.92.